The maximum atomic E-state index is 14.0. The van der Waals surface area contributed by atoms with Crippen LogP contribution in [-0.4, -0.2) is 39.3 Å². The summed E-state index contributed by atoms with van der Waals surface area (Å²) in [5.74, 6) is -1.46. The van der Waals surface area contributed by atoms with E-state index < -0.39 is 29.7 Å². The zero-order chi connectivity index (χ0) is 19.1. The number of aromatic nitrogens is 2. The van der Waals surface area contributed by atoms with E-state index in [9.17, 15) is 13.6 Å². The molecule has 4 N–H and O–H groups in total. The number of primary amides is 1. The molecule has 0 radical (unpaired) electrons. The molecule has 4 rings (SSSR count). The molecule has 3 heterocycles. The topological polar surface area (TPSA) is 99.4 Å². The number of ether oxygens (including phenoxy) is 1. The van der Waals surface area contributed by atoms with Crippen LogP contribution in [0, 0.1) is 11.6 Å². The van der Waals surface area contributed by atoms with Crippen LogP contribution in [0.25, 0.3) is 0 Å². The van der Waals surface area contributed by atoms with E-state index in [0.717, 1.165) is 29.5 Å². The molecule has 27 heavy (non-hydrogen) atoms. The van der Waals surface area contributed by atoms with Crippen molar-refractivity contribution in [2.45, 2.75) is 44.2 Å². The fourth-order valence-corrected chi connectivity index (χ4v) is 3.89. The molecule has 7 nitrogen and oxygen atoms in total. The Hall–Kier alpha value is -2.36. The maximum absolute atomic E-state index is 14.0. The van der Waals surface area contributed by atoms with Gasteiger partial charge in [0.15, 0.2) is 0 Å². The Kier molecular flexibility index (Phi) is 4.67. The summed E-state index contributed by atoms with van der Waals surface area (Å²) in [5, 5.41) is 4.39. The van der Waals surface area contributed by atoms with Crippen LogP contribution in [0.15, 0.2) is 24.4 Å². The average Bonchev–Trinajstić information content (AvgIpc) is 3.15. The van der Waals surface area contributed by atoms with Crippen molar-refractivity contribution in [3.63, 3.8) is 0 Å². The quantitative estimate of drug-likeness (QED) is 0.822. The summed E-state index contributed by atoms with van der Waals surface area (Å²) in [6.45, 7) is 1.74. The van der Waals surface area contributed by atoms with Crippen molar-refractivity contribution in [2.24, 2.45) is 11.5 Å². The van der Waals surface area contributed by atoms with Gasteiger partial charge >= 0.3 is 0 Å². The van der Waals surface area contributed by atoms with Crippen LogP contribution in [-0.2, 0) is 29.2 Å². The highest BCUT2D eigenvalue weighted by molar-refractivity contribution is 5.73. The molecule has 0 saturated carbocycles. The molecule has 1 aromatic carbocycles. The molecule has 144 valence electrons. The second-order valence-electron chi connectivity index (χ2n) is 7.14. The van der Waals surface area contributed by atoms with Gasteiger partial charge in [-0.2, -0.15) is 5.10 Å². The Morgan fingerprint density at radius 2 is 2.15 bits per heavy atom. The minimum absolute atomic E-state index is 0.0608. The first-order chi connectivity index (χ1) is 12.9. The second-order valence-corrected chi connectivity index (χ2v) is 7.14. The molecule has 1 saturated heterocycles. The van der Waals surface area contributed by atoms with Crippen LogP contribution >= 0.6 is 0 Å². The summed E-state index contributed by atoms with van der Waals surface area (Å²) in [7, 11) is 0. The number of nitrogens with zero attached hydrogens (tertiary/aromatic N) is 3. The van der Waals surface area contributed by atoms with Crippen molar-refractivity contribution >= 4 is 5.91 Å². The number of amides is 1. The van der Waals surface area contributed by atoms with Crippen LogP contribution in [0.5, 0.6) is 0 Å². The zero-order valence-corrected chi connectivity index (χ0v) is 14.6. The monoisotopic (exact) mass is 377 g/mol. The van der Waals surface area contributed by atoms with Gasteiger partial charge in [0, 0.05) is 42.5 Å². The molecular weight excluding hydrogens is 356 g/mol. The molecule has 1 fully saturated rings. The predicted molar refractivity (Wildman–Crippen MR) is 92.1 cm³/mol. The third-order valence-electron chi connectivity index (χ3n) is 5.15. The molecule has 2 aromatic rings. The van der Waals surface area contributed by atoms with Gasteiger partial charge in [-0.05, 0) is 24.6 Å². The van der Waals surface area contributed by atoms with Gasteiger partial charge in [-0.1, -0.05) is 0 Å². The molecule has 2 aliphatic heterocycles. The van der Waals surface area contributed by atoms with E-state index in [-0.39, 0.29) is 18.2 Å². The Morgan fingerprint density at radius 3 is 2.85 bits per heavy atom. The summed E-state index contributed by atoms with van der Waals surface area (Å²) < 4.78 is 34.9. The molecule has 0 unspecified atom stereocenters. The van der Waals surface area contributed by atoms with Gasteiger partial charge in [-0.15, -0.1) is 0 Å². The van der Waals surface area contributed by atoms with E-state index in [0.29, 0.717) is 26.1 Å². The first-order valence-electron chi connectivity index (χ1n) is 8.80. The third kappa shape index (κ3) is 3.58. The van der Waals surface area contributed by atoms with Gasteiger partial charge in [0.1, 0.15) is 24.3 Å². The number of carbonyl (C=O) groups is 1. The number of halogens is 2. The Bertz CT molecular complexity index is 848. The van der Waals surface area contributed by atoms with Crippen molar-refractivity contribution in [1.29, 1.82) is 0 Å². The highest BCUT2D eigenvalue weighted by atomic mass is 19.1. The largest absolute Gasteiger partial charge is 0.370 e. The van der Waals surface area contributed by atoms with Crippen molar-refractivity contribution in [2.75, 3.05) is 6.61 Å². The van der Waals surface area contributed by atoms with Gasteiger partial charge in [0.25, 0.3) is 0 Å². The van der Waals surface area contributed by atoms with Crippen LogP contribution in [0.1, 0.15) is 29.3 Å². The number of carbonyl (C=O) groups excluding carboxylic acids is 1. The normalized spacial score (nSPS) is 25.5. The molecule has 2 aliphatic rings. The third-order valence-corrected chi connectivity index (χ3v) is 5.15. The molecule has 0 spiro atoms. The van der Waals surface area contributed by atoms with Crippen LogP contribution in [0.2, 0.25) is 0 Å². The van der Waals surface area contributed by atoms with E-state index in [4.69, 9.17) is 16.2 Å². The summed E-state index contributed by atoms with van der Waals surface area (Å²) in [6, 6.07) is 2.94. The zero-order valence-electron chi connectivity index (χ0n) is 14.6. The number of hydrogen-bond acceptors (Lipinski definition) is 5. The fourth-order valence-electron chi connectivity index (χ4n) is 3.89. The summed E-state index contributed by atoms with van der Waals surface area (Å²) in [4.78, 5) is 13.2. The first kappa shape index (κ1) is 18.0. The standard InChI is InChI=1S/C18H21F2N5O2/c19-11-1-2-14(20)13(3-11)18-15(21)4-12(9-27-18)24-5-10-6-25(8-17(22)26)23-16(10)7-24/h1-3,6,12,15,18H,4-5,7-9,21H2,(H2,22,26)/t12-,15+,18-/m1/s1. The number of rotatable bonds is 4. The van der Waals surface area contributed by atoms with Crippen molar-refractivity contribution in [1.82, 2.24) is 14.7 Å². The number of benzene rings is 1. The van der Waals surface area contributed by atoms with E-state index in [1.165, 1.54) is 0 Å². The van der Waals surface area contributed by atoms with Crippen LogP contribution in [0.4, 0.5) is 8.78 Å². The second kappa shape index (κ2) is 6.99. The molecule has 0 bridgehead atoms. The van der Waals surface area contributed by atoms with E-state index >= 15 is 0 Å². The lowest BCUT2D eigenvalue weighted by atomic mass is 9.93. The van der Waals surface area contributed by atoms with Gasteiger partial charge in [0.2, 0.25) is 5.91 Å². The molecule has 9 heteroatoms. The lowest BCUT2D eigenvalue weighted by Gasteiger charge is -2.38. The number of hydrogen-bond donors (Lipinski definition) is 2. The van der Waals surface area contributed by atoms with Crippen LogP contribution < -0.4 is 11.5 Å². The lowest BCUT2D eigenvalue weighted by molar-refractivity contribution is -0.118. The van der Waals surface area contributed by atoms with Crippen molar-refractivity contribution in [3.8, 4) is 0 Å². The molecule has 3 atom stereocenters. The highest BCUT2D eigenvalue weighted by Gasteiger charge is 2.37. The van der Waals surface area contributed by atoms with E-state index in [1.807, 2.05) is 6.20 Å². The fraction of sp³-hybridized carbons (Fsp3) is 0.444. The van der Waals surface area contributed by atoms with Gasteiger partial charge in [0.05, 0.1) is 12.3 Å². The summed E-state index contributed by atoms with van der Waals surface area (Å²) >= 11 is 0. The van der Waals surface area contributed by atoms with E-state index in [2.05, 4.69) is 10.00 Å². The maximum Gasteiger partial charge on any atom is 0.239 e. The van der Waals surface area contributed by atoms with Gasteiger partial charge in [-0.3, -0.25) is 14.4 Å². The van der Waals surface area contributed by atoms with Crippen molar-refractivity contribution in [3.05, 3.63) is 52.9 Å². The van der Waals surface area contributed by atoms with E-state index in [1.54, 1.807) is 4.68 Å². The summed E-state index contributed by atoms with van der Waals surface area (Å²) in [6.07, 6.45) is 1.77. The molecule has 1 amide bonds. The highest BCUT2D eigenvalue weighted by Crippen LogP contribution is 2.33. The predicted octanol–water partition coefficient (Wildman–Crippen LogP) is 0.820. The number of nitrogens with two attached hydrogens (primary N) is 2. The SMILES string of the molecule is NC(=O)Cn1cc2c(n1)CN([C@H]1CO[C@H](c3cc(F)ccc3F)[C@@H](N)C1)C2. The minimum atomic E-state index is -0.665. The molecule has 0 aliphatic carbocycles. The Balaban J connectivity index is 1.41. The smallest absolute Gasteiger partial charge is 0.239 e. The Labute approximate surface area is 154 Å². The van der Waals surface area contributed by atoms with Crippen molar-refractivity contribution < 1.29 is 18.3 Å². The van der Waals surface area contributed by atoms with Gasteiger partial charge in [-0.25, -0.2) is 8.78 Å². The lowest BCUT2D eigenvalue weighted by Crippen LogP contribution is -2.47. The molecular formula is C18H21F2N5O2. The minimum Gasteiger partial charge on any atom is -0.370 e. The average molecular weight is 377 g/mol. The number of fused-ring (bicyclic) bond motifs is 1. The van der Waals surface area contributed by atoms with Gasteiger partial charge < -0.3 is 16.2 Å². The van der Waals surface area contributed by atoms with Crippen LogP contribution in [0.3, 0.4) is 0 Å². The Morgan fingerprint density at radius 1 is 1.33 bits per heavy atom. The molecule has 1 aromatic heterocycles. The first-order valence-corrected chi connectivity index (χ1v) is 8.80. The summed E-state index contributed by atoms with van der Waals surface area (Å²) in [5.41, 5.74) is 13.5.